The number of amides is 1. The lowest BCUT2D eigenvalue weighted by Crippen LogP contribution is -2.27. The molecule has 0 saturated carbocycles. The SMILES string of the molecule is Nc1cccc(Cl)c1Oc1ccc(/C=C(\NC(=O)c2ccccc2)C(=O)O)cc1. The van der Waals surface area contributed by atoms with Gasteiger partial charge < -0.3 is 20.9 Å². The summed E-state index contributed by atoms with van der Waals surface area (Å²) in [5.74, 6) is -0.933. The van der Waals surface area contributed by atoms with Gasteiger partial charge in [-0.1, -0.05) is 48.0 Å². The average Bonchev–Trinajstić information content (AvgIpc) is 2.72. The molecule has 0 aliphatic rings. The normalized spacial score (nSPS) is 11.0. The van der Waals surface area contributed by atoms with Crippen LogP contribution in [0, 0.1) is 0 Å². The van der Waals surface area contributed by atoms with Crippen LogP contribution in [0.3, 0.4) is 0 Å². The van der Waals surface area contributed by atoms with Crippen LogP contribution in [0.25, 0.3) is 6.08 Å². The Labute approximate surface area is 172 Å². The first-order chi connectivity index (χ1) is 13.9. The Morgan fingerprint density at radius 2 is 1.66 bits per heavy atom. The van der Waals surface area contributed by atoms with Gasteiger partial charge in [0.05, 0.1) is 10.7 Å². The number of anilines is 1. The van der Waals surface area contributed by atoms with Gasteiger partial charge in [-0.25, -0.2) is 4.79 Å². The number of hydrogen-bond donors (Lipinski definition) is 3. The highest BCUT2D eigenvalue weighted by atomic mass is 35.5. The van der Waals surface area contributed by atoms with E-state index < -0.39 is 11.9 Å². The smallest absolute Gasteiger partial charge is 0.352 e. The van der Waals surface area contributed by atoms with E-state index in [4.69, 9.17) is 22.1 Å². The number of carboxylic acids is 1. The number of nitrogens with two attached hydrogens (primary N) is 1. The van der Waals surface area contributed by atoms with Crippen LogP contribution in [-0.2, 0) is 4.79 Å². The maximum Gasteiger partial charge on any atom is 0.352 e. The second kappa shape index (κ2) is 8.95. The summed E-state index contributed by atoms with van der Waals surface area (Å²) in [6.07, 6.45) is 1.36. The van der Waals surface area contributed by atoms with Gasteiger partial charge in [-0.3, -0.25) is 4.79 Å². The molecule has 29 heavy (non-hydrogen) atoms. The number of carboxylic acid groups (broad SMARTS) is 1. The molecule has 0 aromatic heterocycles. The molecular formula is C22H17ClN2O4. The molecule has 1 amide bonds. The summed E-state index contributed by atoms with van der Waals surface area (Å²) < 4.78 is 5.71. The molecule has 0 radical (unpaired) electrons. The van der Waals surface area contributed by atoms with Crippen LogP contribution >= 0.6 is 11.6 Å². The van der Waals surface area contributed by atoms with Crippen molar-refractivity contribution in [3.05, 3.63) is 94.6 Å². The highest BCUT2D eigenvalue weighted by Crippen LogP contribution is 2.34. The number of aliphatic carboxylic acids is 1. The van der Waals surface area contributed by atoms with Gasteiger partial charge in [-0.2, -0.15) is 0 Å². The molecule has 0 unspecified atom stereocenters. The summed E-state index contributed by atoms with van der Waals surface area (Å²) in [6.45, 7) is 0. The van der Waals surface area contributed by atoms with Gasteiger partial charge in [-0.05, 0) is 48.0 Å². The van der Waals surface area contributed by atoms with Crippen LogP contribution in [0.2, 0.25) is 5.02 Å². The molecule has 7 heteroatoms. The fourth-order valence-electron chi connectivity index (χ4n) is 2.49. The summed E-state index contributed by atoms with van der Waals surface area (Å²) in [5.41, 5.74) is 6.95. The van der Waals surface area contributed by atoms with Gasteiger partial charge in [0.2, 0.25) is 0 Å². The van der Waals surface area contributed by atoms with E-state index >= 15 is 0 Å². The molecule has 0 spiro atoms. The Kier molecular flexibility index (Phi) is 6.16. The van der Waals surface area contributed by atoms with Gasteiger partial charge in [0, 0.05) is 5.56 Å². The summed E-state index contributed by atoms with van der Waals surface area (Å²) >= 11 is 6.09. The lowest BCUT2D eigenvalue weighted by atomic mass is 10.1. The van der Waals surface area contributed by atoms with Crippen molar-refractivity contribution >= 4 is 35.2 Å². The van der Waals surface area contributed by atoms with E-state index in [1.165, 1.54) is 6.08 Å². The molecule has 0 heterocycles. The number of halogens is 1. The van der Waals surface area contributed by atoms with Crippen molar-refractivity contribution in [2.45, 2.75) is 0 Å². The van der Waals surface area contributed by atoms with Gasteiger partial charge in [-0.15, -0.1) is 0 Å². The van der Waals surface area contributed by atoms with Gasteiger partial charge in [0.25, 0.3) is 5.91 Å². The van der Waals surface area contributed by atoms with Crippen LogP contribution in [0.5, 0.6) is 11.5 Å². The quantitative estimate of drug-likeness (QED) is 0.409. The zero-order valence-corrected chi connectivity index (χ0v) is 15.9. The largest absolute Gasteiger partial charge is 0.477 e. The molecule has 3 rings (SSSR count). The predicted molar refractivity (Wildman–Crippen MR) is 112 cm³/mol. The lowest BCUT2D eigenvalue weighted by Gasteiger charge is -2.10. The van der Waals surface area contributed by atoms with E-state index in [0.717, 1.165) is 0 Å². The van der Waals surface area contributed by atoms with Crippen LogP contribution < -0.4 is 15.8 Å². The highest BCUT2D eigenvalue weighted by molar-refractivity contribution is 6.32. The molecule has 4 N–H and O–H groups in total. The van der Waals surface area contributed by atoms with Crippen molar-refractivity contribution in [2.24, 2.45) is 0 Å². The van der Waals surface area contributed by atoms with Gasteiger partial charge >= 0.3 is 5.97 Å². The average molecular weight is 409 g/mol. The van der Waals surface area contributed by atoms with Crippen molar-refractivity contribution in [3.8, 4) is 11.5 Å². The van der Waals surface area contributed by atoms with Crippen molar-refractivity contribution < 1.29 is 19.4 Å². The number of para-hydroxylation sites is 1. The molecule has 0 aliphatic carbocycles. The summed E-state index contributed by atoms with van der Waals surface area (Å²) in [6, 6.07) is 20.0. The zero-order valence-electron chi connectivity index (χ0n) is 15.1. The number of nitrogen functional groups attached to an aromatic ring is 1. The van der Waals surface area contributed by atoms with Gasteiger partial charge in [0.15, 0.2) is 5.75 Å². The third-order valence-corrected chi connectivity index (χ3v) is 4.22. The molecule has 0 aliphatic heterocycles. The minimum Gasteiger partial charge on any atom is -0.477 e. The van der Waals surface area contributed by atoms with Crippen molar-refractivity contribution in [1.29, 1.82) is 0 Å². The van der Waals surface area contributed by atoms with Crippen molar-refractivity contribution in [3.63, 3.8) is 0 Å². The van der Waals surface area contributed by atoms with Gasteiger partial charge in [0.1, 0.15) is 11.4 Å². The standard InChI is InChI=1S/C22H17ClN2O4/c23-17-7-4-8-18(24)20(17)29-16-11-9-14(10-12-16)13-19(22(27)28)25-21(26)15-5-2-1-3-6-15/h1-13H,24H2,(H,25,26)(H,27,28)/b19-13-. The van der Waals surface area contributed by atoms with E-state index in [2.05, 4.69) is 5.32 Å². The molecule has 3 aromatic rings. The first kappa shape index (κ1) is 20.0. The van der Waals surface area contributed by atoms with E-state index in [0.29, 0.717) is 33.3 Å². The molecule has 0 saturated heterocycles. The number of rotatable bonds is 6. The number of benzene rings is 3. The number of carbonyl (C=O) groups excluding carboxylic acids is 1. The van der Waals surface area contributed by atoms with Crippen LogP contribution in [0.1, 0.15) is 15.9 Å². The monoisotopic (exact) mass is 408 g/mol. The maximum atomic E-state index is 12.2. The Morgan fingerprint density at radius 3 is 2.28 bits per heavy atom. The Bertz CT molecular complexity index is 1040. The predicted octanol–water partition coefficient (Wildman–Crippen LogP) is 4.57. The second-order valence-electron chi connectivity index (χ2n) is 6.01. The molecule has 3 aromatic carbocycles. The molecule has 0 fully saturated rings. The molecule has 0 bridgehead atoms. The summed E-state index contributed by atoms with van der Waals surface area (Å²) in [5, 5.41) is 12.2. The molecule has 0 atom stereocenters. The maximum absolute atomic E-state index is 12.2. The first-order valence-electron chi connectivity index (χ1n) is 8.57. The Balaban J connectivity index is 1.77. The van der Waals surface area contributed by atoms with E-state index in [1.807, 2.05) is 0 Å². The van der Waals surface area contributed by atoms with Crippen LogP contribution in [-0.4, -0.2) is 17.0 Å². The number of hydrogen-bond acceptors (Lipinski definition) is 4. The zero-order chi connectivity index (χ0) is 20.8. The second-order valence-corrected chi connectivity index (χ2v) is 6.42. The molecule has 6 nitrogen and oxygen atoms in total. The van der Waals surface area contributed by atoms with E-state index in [9.17, 15) is 14.7 Å². The summed E-state index contributed by atoms with van der Waals surface area (Å²) in [7, 11) is 0. The number of nitrogens with one attached hydrogen (secondary N) is 1. The Hall–Kier alpha value is -3.77. The summed E-state index contributed by atoms with van der Waals surface area (Å²) in [4.78, 5) is 23.7. The minimum atomic E-state index is -1.25. The lowest BCUT2D eigenvalue weighted by molar-refractivity contribution is -0.132. The topological polar surface area (TPSA) is 102 Å². The number of ether oxygens (including phenoxy) is 1. The van der Waals surface area contributed by atoms with Crippen molar-refractivity contribution in [1.82, 2.24) is 5.32 Å². The Morgan fingerprint density at radius 1 is 0.966 bits per heavy atom. The fourth-order valence-corrected chi connectivity index (χ4v) is 2.71. The van der Waals surface area contributed by atoms with Crippen molar-refractivity contribution in [2.75, 3.05) is 5.73 Å². The van der Waals surface area contributed by atoms with Crippen LogP contribution in [0.4, 0.5) is 5.69 Å². The third kappa shape index (κ3) is 5.15. The fraction of sp³-hybridized carbons (Fsp3) is 0. The first-order valence-corrected chi connectivity index (χ1v) is 8.95. The third-order valence-electron chi connectivity index (χ3n) is 3.92. The molecule has 146 valence electrons. The van der Waals surface area contributed by atoms with E-state index in [-0.39, 0.29) is 5.70 Å². The minimum absolute atomic E-state index is 0.247. The number of carbonyl (C=O) groups is 2. The highest BCUT2D eigenvalue weighted by Gasteiger charge is 2.13. The van der Waals surface area contributed by atoms with Crippen LogP contribution in [0.15, 0.2) is 78.5 Å². The van der Waals surface area contributed by atoms with E-state index in [1.54, 1.807) is 72.8 Å². The molecular weight excluding hydrogens is 392 g/mol.